The van der Waals surface area contributed by atoms with Crippen LogP contribution in [0.2, 0.25) is 0 Å². The predicted octanol–water partition coefficient (Wildman–Crippen LogP) is 1.18. The van der Waals surface area contributed by atoms with Gasteiger partial charge in [-0.05, 0) is 30.3 Å². The molecule has 1 heterocycles. The fourth-order valence-electron chi connectivity index (χ4n) is 2.33. The summed E-state index contributed by atoms with van der Waals surface area (Å²) in [7, 11) is -3.83. The number of imidazole rings is 1. The van der Waals surface area contributed by atoms with E-state index in [1.54, 1.807) is 0 Å². The Labute approximate surface area is 139 Å². The second-order valence-electron chi connectivity index (χ2n) is 5.28. The van der Waals surface area contributed by atoms with Crippen LogP contribution in [0, 0.1) is 0 Å². The number of fused-ring (bicyclic) bond motifs is 1. The molecule has 0 aliphatic heterocycles. The fourth-order valence-corrected chi connectivity index (χ4v) is 2.89. The lowest BCUT2D eigenvalue weighted by Gasteiger charge is -2.05. The van der Waals surface area contributed by atoms with Gasteiger partial charge in [0.05, 0.1) is 15.9 Å². The highest BCUT2D eigenvalue weighted by molar-refractivity contribution is 7.89. The van der Waals surface area contributed by atoms with Gasteiger partial charge >= 0.3 is 0 Å². The van der Waals surface area contributed by atoms with E-state index in [1.165, 1.54) is 24.3 Å². The largest absolute Gasteiger partial charge is 0.352 e. The number of nitrogens with zero attached hydrogens (tertiary/aromatic N) is 1. The third-order valence-corrected chi connectivity index (χ3v) is 4.42. The van der Waals surface area contributed by atoms with E-state index in [1.807, 2.05) is 24.3 Å². The van der Waals surface area contributed by atoms with Crippen molar-refractivity contribution in [3.8, 4) is 0 Å². The number of H-pyrrole nitrogens is 1. The number of carbonyl (C=O) groups excluding carboxylic acids is 1. The zero-order valence-electron chi connectivity index (χ0n) is 12.7. The third-order valence-electron chi connectivity index (χ3n) is 3.51. The number of aromatic nitrogens is 2. The molecule has 0 fully saturated rings. The lowest BCUT2D eigenvalue weighted by molar-refractivity contribution is 0.0954. The van der Waals surface area contributed by atoms with Crippen LogP contribution in [-0.4, -0.2) is 30.8 Å². The average molecular weight is 344 g/mol. The number of rotatable bonds is 5. The summed E-state index contributed by atoms with van der Waals surface area (Å²) in [5.41, 5.74) is 2.06. The van der Waals surface area contributed by atoms with Gasteiger partial charge < -0.3 is 10.3 Å². The Morgan fingerprint density at radius 2 is 1.96 bits per heavy atom. The van der Waals surface area contributed by atoms with Crippen LogP contribution in [0.3, 0.4) is 0 Å². The summed E-state index contributed by atoms with van der Waals surface area (Å²) in [5.74, 6) is 0.409. The van der Waals surface area contributed by atoms with Crippen LogP contribution in [0.4, 0.5) is 0 Å². The molecule has 0 spiro atoms. The highest BCUT2D eigenvalue weighted by Gasteiger charge is 2.12. The number of aromatic amines is 1. The second kappa shape index (κ2) is 6.42. The molecule has 4 N–H and O–H groups in total. The summed E-state index contributed by atoms with van der Waals surface area (Å²) >= 11 is 0. The average Bonchev–Trinajstić information content (AvgIpc) is 2.97. The van der Waals surface area contributed by atoms with E-state index in [0.717, 1.165) is 16.9 Å². The first kappa shape index (κ1) is 16.2. The van der Waals surface area contributed by atoms with E-state index in [0.29, 0.717) is 13.0 Å². The first-order valence-electron chi connectivity index (χ1n) is 7.28. The molecule has 124 valence electrons. The summed E-state index contributed by atoms with van der Waals surface area (Å²) < 4.78 is 22.7. The molecule has 0 aliphatic carbocycles. The Hall–Kier alpha value is -2.71. The van der Waals surface area contributed by atoms with Gasteiger partial charge in [0.2, 0.25) is 10.0 Å². The summed E-state index contributed by atoms with van der Waals surface area (Å²) in [6, 6.07) is 13.3. The van der Waals surface area contributed by atoms with Crippen molar-refractivity contribution in [2.75, 3.05) is 6.54 Å². The van der Waals surface area contributed by atoms with E-state index >= 15 is 0 Å². The summed E-state index contributed by atoms with van der Waals surface area (Å²) in [4.78, 5) is 19.6. The van der Waals surface area contributed by atoms with Gasteiger partial charge in [-0.1, -0.05) is 18.2 Å². The van der Waals surface area contributed by atoms with E-state index < -0.39 is 10.0 Å². The molecule has 7 nitrogen and oxygen atoms in total. The Morgan fingerprint density at radius 3 is 2.71 bits per heavy atom. The molecular weight excluding hydrogens is 328 g/mol. The van der Waals surface area contributed by atoms with Gasteiger partial charge in [-0.2, -0.15) is 0 Å². The van der Waals surface area contributed by atoms with Gasteiger partial charge in [-0.15, -0.1) is 0 Å². The molecule has 0 unspecified atom stereocenters. The standard InChI is InChI=1S/C16H16N4O3S/c17-24(22,23)12-5-3-4-11(10-12)16(21)18-9-8-15-19-13-6-1-2-7-14(13)20-15/h1-7,10H,8-9H2,(H,18,21)(H,19,20)(H2,17,22,23). The quantitative estimate of drug-likeness (QED) is 0.644. The van der Waals surface area contributed by atoms with E-state index in [9.17, 15) is 13.2 Å². The monoisotopic (exact) mass is 344 g/mol. The number of benzene rings is 2. The lowest BCUT2D eigenvalue weighted by atomic mass is 10.2. The lowest BCUT2D eigenvalue weighted by Crippen LogP contribution is -2.26. The molecule has 1 amide bonds. The first-order chi connectivity index (χ1) is 11.4. The predicted molar refractivity (Wildman–Crippen MR) is 89.9 cm³/mol. The van der Waals surface area contributed by atoms with Crippen molar-refractivity contribution >= 4 is 27.0 Å². The Morgan fingerprint density at radius 1 is 1.17 bits per heavy atom. The normalized spacial score (nSPS) is 11.5. The SMILES string of the molecule is NS(=O)(=O)c1cccc(C(=O)NCCc2nc3ccccc3[nH]2)c1. The molecule has 0 radical (unpaired) electrons. The fraction of sp³-hybridized carbons (Fsp3) is 0.125. The number of amides is 1. The Kier molecular flexibility index (Phi) is 4.32. The Bertz CT molecular complexity index is 962. The molecular formula is C16H16N4O3S. The van der Waals surface area contributed by atoms with Crippen molar-refractivity contribution in [3.63, 3.8) is 0 Å². The van der Waals surface area contributed by atoms with Gasteiger partial charge in [0, 0.05) is 18.5 Å². The van der Waals surface area contributed by atoms with Gasteiger partial charge in [0.1, 0.15) is 5.82 Å². The van der Waals surface area contributed by atoms with E-state index in [2.05, 4.69) is 15.3 Å². The van der Waals surface area contributed by atoms with E-state index in [4.69, 9.17) is 5.14 Å². The van der Waals surface area contributed by atoms with Crippen LogP contribution >= 0.6 is 0 Å². The van der Waals surface area contributed by atoms with Crippen LogP contribution in [0.5, 0.6) is 0 Å². The summed E-state index contributed by atoms with van der Waals surface area (Å²) in [6.45, 7) is 0.373. The first-order valence-corrected chi connectivity index (χ1v) is 8.83. The van der Waals surface area contributed by atoms with Gasteiger partial charge in [-0.3, -0.25) is 4.79 Å². The summed E-state index contributed by atoms with van der Waals surface area (Å²) in [6.07, 6.45) is 0.537. The minimum Gasteiger partial charge on any atom is -0.352 e. The zero-order valence-corrected chi connectivity index (χ0v) is 13.5. The topological polar surface area (TPSA) is 118 Å². The number of primary sulfonamides is 1. The van der Waals surface area contributed by atoms with Crippen molar-refractivity contribution in [1.29, 1.82) is 0 Å². The van der Waals surface area contributed by atoms with Crippen molar-refractivity contribution in [2.45, 2.75) is 11.3 Å². The van der Waals surface area contributed by atoms with Crippen LogP contribution in [-0.2, 0) is 16.4 Å². The molecule has 0 atom stereocenters. The summed E-state index contributed by atoms with van der Waals surface area (Å²) in [5, 5.41) is 7.80. The van der Waals surface area contributed by atoms with Crippen molar-refractivity contribution in [1.82, 2.24) is 15.3 Å². The molecule has 24 heavy (non-hydrogen) atoms. The highest BCUT2D eigenvalue weighted by Crippen LogP contribution is 2.11. The smallest absolute Gasteiger partial charge is 0.251 e. The number of nitrogens with two attached hydrogens (primary N) is 1. The maximum absolute atomic E-state index is 12.1. The number of sulfonamides is 1. The maximum atomic E-state index is 12.1. The molecule has 2 aromatic carbocycles. The number of hydrogen-bond donors (Lipinski definition) is 3. The molecule has 1 aromatic heterocycles. The maximum Gasteiger partial charge on any atom is 0.251 e. The van der Waals surface area contributed by atoms with Crippen molar-refractivity contribution in [3.05, 3.63) is 59.9 Å². The van der Waals surface area contributed by atoms with E-state index in [-0.39, 0.29) is 16.4 Å². The van der Waals surface area contributed by atoms with Crippen molar-refractivity contribution in [2.24, 2.45) is 5.14 Å². The minimum absolute atomic E-state index is 0.0903. The third kappa shape index (κ3) is 3.61. The van der Waals surface area contributed by atoms with Gasteiger partial charge in [-0.25, -0.2) is 18.5 Å². The minimum atomic E-state index is -3.83. The molecule has 8 heteroatoms. The zero-order chi connectivity index (χ0) is 17.2. The highest BCUT2D eigenvalue weighted by atomic mass is 32.2. The number of para-hydroxylation sites is 2. The molecule has 0 saturated heterocycles. The van der Waals surface area contributed by atoms with Crippen LogP contribution in [0.1, 0.15) is 16.2 Å². The van der Waals surface area contributed by atoms with Crippen molar-refractivity contribution < 1.29 is 13.2 Å². The molecule has 0 aliphatic rings. The number of carbonyl (C=O) groups is 1. The van der Waals surface area contributed by atoms with Crippen LogP contribution < -0.4 is 10.5 Å². The van der Waals surface area contributed by atoms with Gasteiger partial charge in [0.15, 0.2) is 0 Å². The number of nitrogens with one attached hydrogen (secondary N) is 2. The van der Waals surface area contributed by atoms with Crippen LogP contribution in [0.15, 0.2) is 53.4 Å². The van der Waals surface area contributed by atoms with Crippen LogP contribution in [0.25, 0.3) is 11.0 Å². The Balaban J connectivity index is 1.63. The number of hydrogen-bond acceptors (Lipinski definition) is 4. The molecule has 3 rings (SSSR count). The molecule has 0 bridgehead atoms. The van der Waals surface area contributed by atoms with Gasteiger partial charge in [0.25, 0.3) is 5.91 Å². The second-order valence-corrected chi connectivity index (χ2v) is 6.84. The molecule has 0 saturated carbocycles. The molecule has 3 aromatic rings.